The summed E-state index contributed by atoms with van der Waals surface area (Å²) in [6.45, 7) is 7.68. The van der Waals surface area contributed by atoms with Gasteiger partial charge in [-0.2, -0.15) is 0 Å². The minimum Gasteiger partial charge on any atom is -0.444 e. The Hall–Kier alpha value is -0.840. The van der Waals surface area contributed by atoms with Gasteiger partial charge in [0, 0.05) is 13.1 Å². The van der Waals surface area contributed by atoms with Gasteiger partial charge in [0.15, 0.2) is 0 Å². The molecule has 0 bridgehead atoms. The highest BCUT2D eigenvalue weighted by molar-refractivity contribution is 5.69. The minimum absolute atomic E-state index is 0.270. The zero-order valence-corrected chi connectivity index (χ0v) is 9.69. The fraction of sp³-hybridized carbons (Fsp3) is 0.900. The van der Waals surface area contributed by atoms with Gasteiger partial charge in [-0.3, -0.25) is 0 Å². The van der Waals surface area contributed by atoms with E-state index in [1.807, 2.05) is 0 Å². The molecule has 1 heterocycles. The number of alkyl halides is 1. The second-order valence-corrected chi connectivity index (χ2v) is 5.14. The Morgan fingerprint density at radius 2 is 2.20 bits per heavy atom. The Kier molecular flexibility index (Phi) is 3.23. The normalized spacial score (nSPS) is 31.4. The van der Waals surface area contributed by atoms with Crippen LogP contribution < -0.4 is 10.6 Å². The monoisotopic (exact) mass is 218 g/mol. The highest BCUT2D eigenvalue weighted by atomic mass is 19.1. The number of halogens is 1. The van der Waals surface area contributed by atoms with E-state index in [0.717, 1.165) is 0 Å². The summed E-state index contributed by atoms with van der Waals surface area (Å²) in [5.74, 6) is 0. The molecule has 1 saturated heterocycles. The Morgan fingerprint density at radius 3 is 2.60 bits per heavy atom. The summed E-state index contributed by atoms with van der Waals surface area (Å²) in [6.07, 6.45) is -1.65. The highest BCUT2D eigenvalue weighted by Crippen LogP contribution is 2.18. The number of rotatable bonds is 1. The molecule has 0 saturated carbocycles. The fourth-order valence-electron chi connectivity index (χ4n) is 1.45. The maximum Gasteiger partial charge on any atom is 0.408 e. The quantitative estimate of drug-likeness (QED) is 0.695. The Balaban J connectivity index is 2.51. The Morgan fingerprint density at radius 1 is 1.60 bits per heavy atom. The molecule has 88 valence electrons. The Labute approximate surface area is 89.6 Å². The number of amides is 1. The van der Waals surface area contributed by atoms with Gasteiger partial charge in [-0.1, -0.05) is 0 Å². The first kappa shape index (κ1) is 12.2. The van der Waals surface area contributed by atoms with Crippen LogP contribution in [0, 0.1) is 0 Å². The van der Waals surface area contributed by atoms with Crippen LogP contribution in [0.25, 0.3) is 0 Å². The molecule has 15 heavy (non-hydrogen) atoms. The first-order valence-electron chi connectivity index (χ1n) is 5.09. The molecule has 0 aliphatic carbocycles. The van der Waals surface area contributed by atoms with Crippen LogP contribution >= 0.6 is 0 Å². The van der Waals surface area contributed by atoms with Crippen molar-refractivity contribution in [1.29, 1.82) is 0 Å². The lowest BCUT2D eigenvalue weighted by molar-refractivity contribution is 0.0432. The predicted molar refractivity (Wildman–Crippen MR) is 55.5 cm³/mol. The van der Waals surface area contributed by atoms with Crippen LogP contribution in [0.4, 0.5) is 9.18 Å². The average Bonchev–Trinajstić information content (AvgIpc) is 2.27. The average molecular weight is 218 g/mol. The van der Waals surface area contributed by atoms with Crippen molar-refractivity contribution in [1.82, 2.24) is 10.6 Å². The molecule has 0 radical (unpaired) electrons. The third kappa shape index (κ3) is 3.34. The molecule has 1 amide bonds. The number of ether oxygens (including phenoxy) is 1. The van der Waals surface area contributed by atoms with Crippen LogP contribution in [0.5, 0.6) is 0 Å². The maximum absolute atomic E-state index is 13.4. The van der Waals surface area contributed by atoms with Crippen molar-refractivity contribution >= 4 is 6.09 Å². The van der Waals surface area contributed by atoms with Crippen LogP contribution in [0.1, 0.15) is 27.7 Å². The molecule has 2 atom stereocenters. The largest absolute Gasteiger partial charge is 0.444 e. The molecule has 1 aliphatic heterocycles. The van der Waals surface area contributed by atoms with E-state index in [-0.39, 0.29) is 6.54 Å². The van der Waals surface area contributed by atoms with Crippen LogP contribution in [0.3, 0.4) is 0 Å². The molecule has 1 rings (SSSR count). The van der Waals surface area contributed by atoms with Crippen molar-refractivity contribution < 1.29 is 13.9 Å². The zero-order valence-electron chi connectivity index (χ0n) is 9.69. The maximum atomic E-state index is 13.4. The SMILES string of the molecule is CC(C)(C)OC(=O)N[C@]1(C)CNCC1F. The van der Waals surface area contributed by atoms with E-state index in [0.29, 0.717) is 6.54 Å². The summed E-state index contributed by atoms with van der Waals surface area (Å²) < 4.78 is 18.5. The molecular weight excluding hydrogens is 199 g/mol. The molecule has 0 aromatic rings. The van der Waals surface area contributed by atoms with E-state index in [1.54, 1.807) is 27.7 Å². The third-order valence-electron chi connectivity index (χ3n) is 2.29. The van der Waals surface area contributed by atoms with Gasteiger partial charge in [0.25, 0.3) is 0 Å². The first-order chi connectivity index (χ1) is 6.73. The highest BCUT2D eigenvalue weighted by Gasteiger charge is 2.41. The summed E-state index contributed by atoms with van der Waals surface area (Å²) >= 11 is 0. The second-order valence-electron chi connectivity index (χ2n) is 5.14. The van der Waals surface area contributed by atoms with E-state index in [2.05, 4.69) is 10.6 Å². The van der Waals surface area contributed by atoms with E-state index in [4.69, 9.17) is 4.74 Å². The summed E-state index contributed by atoms with van der Waals surface area (Å²) in [5, 5.41) is 5.45. The van der Waals surface area contributed by atoms with Crippen molar-refractivity contribution in [3.05, 3.63) is 0 Å². The van der Waals surface area contributed by atoms with Gasteiger partial charge >= 0.3 is 6.09 Å². The van der Waals surface area contributed by atoms with E-state index in [1.165, 1.54) is 0 Å². The second kappa shape index (κ2) is 3.96. The molecule has 0 aromatic heterocycles. The number of carbonyl (C=O) groups is 1. The standard InChI is InChI=1S/C10H19FN2O2/c1-9(2,3)15-8(14)13-10(4)6-12-5-7(10)11/h7,12H,5-6H2,1-4H3,(H,13,14)/t7?,10-/m1/s1. The summed E-state index contributed by atoms with van der Waals surface area (Å²) in [6, 6.07) is 0. The van der Waals surface area contributed by atoms with E-state index in [9.17, 15) is 9.18 Å². The molecule has 0 aromatic carbocycles. The third-order valence-corrected chi connectivity index (χ3v) is 2.29. The number of hydrogen-bond donors (Lipinski definition) is 2. The predicted octanol–water partition coefficient (Wildman–Crippen LogP) is 1.21. The van der Waals surface area contributed by atoms with Gasteiger partial charge in [-0.25, -0.2) is 9.18 Å². The number of carbonyl (C=O) groups excluding carboxylic acids is 1. The number of hydrogen-bond acceptors (Lipinski definition) is 3. The van der Waals surface area contributed by atoms with Crippen molar-refractivity contribution in [2.75, 3.05) is 13.1 Å². The van der Waals surface area contributed by atoms with Gasteiger partial charge in [0.1, 0.15) is 11.8 Å². The van der Waals surface area contributed by atoms with Crippen LogP contribution in [0.2, 0.25) is 0 Å². The van der Waals surface area contributed by atoms with Crippen molar-refractivity contribution in [2.45, 2.75) is 45.0 Å². The van der Waals surface area contributed by atoms with Gasteiger partial charge in [-0.05, 0) is 27.7 Å². The van der Waals surface area contributed by atoms with Crippen LogP contribution in [0.15, 0.2) is 0 Å². The lowest BCUT2D eigenvalue weighted by Crippen LogP contribution is -2.54. The van der Waals surface area contributed by atoms with Gasteiger partial charge in [0.2, 0.25) is 0 Å². The fourth-order valence-corrected chi connectivity index (χ4v) is 1.45. The molecular formula is C10H19FN2O2. The zero-order chi connectivity index (χ0) is 11.7. The molecule has 2 N–H and O–H groups in total. The lowest BCUT2D eigenvalue weighted by atomic mass is 10.0. The Bertz CT molecular complexity index is 252. The smallest absolute Gasteiger partial charge is 0.408 e. The summed E-state index contributed by atoms with van der Waals surface area (Å²) in [5.41, 5.74) is -1.42. The molecule has 0 spiro atoms. The van der Waals surface area contributed by atoms with Gasteiger partial charge in [-0.15, -0.1) is 0 Å². The molecule has 5 heteroatoms. The van der Waals surface area contributed by atoms with Gasteiger partial charge in [0.05, 0.1) is 5.54 Å². The summed E-state index contributed by atoms with van der Waals surface area (Å²) in [7, 11) is 0. The first-order valence-corrected chi connectivity index (χ1v) is 5.09. The van der Waals surface area contributed by atoms with Crippen molar-refractivity contribution in [3.63, 3.8) is 0 Å². The number of alkyl carbamates (subject to hydrolysis) is 1. The van der Waals surface area contributed by atoms with Crippen LogP contribution in [-0.2, 0) is 4.74 Å². The van der Waals surface area contributed by atoms with E-state index >= 15 is 0 Å². The van der Waals surface area contributed by atoms with Gasteiger partial charge < -0.3 is 15.4 Å². The molecule has 4 nitrogen and oxygen atoms in total. The lowest BCUT2D eigenvalue weighted by Gasteiger charge is -2.29. The van der Waals surface area contributed by atoms with Crippen LogP contribution in [-0.4, -0.2) is 36.5 Å². The molecule has 1 fully saturated rings. The minimum atomic E-state index is -1.08. The molecule has 1 unspecified atom stereocenters. The van der Waals surface area contributed by atoms with E-state index < -0.39 is 23.4 Å². The number of nitrogens with one attached hydrogen (secondary N) is 2. The van der Waals surface area contributed by atoms with Crippen molar-refractivity contribution in [2.24, 2.45) is 0 Å². The molecule has 1 aliphatic rings. The topological polar surface area (TPSA) is 50.4 Å². The van der Waals surface area contributed by atoms with Crippen molar-refractivity contribution in [3.8, 4) is 0 Å². The summed E-state index contributed by atoms with van der Waals surface area (Å²) in [4.78, 5) is 11.4.